The minimum absolute atomic E-state index is 0.344. The van der Waals surface area contributed by atoms with Crippen LogP contribution in [0.5, 0.6) is 0 Å². The molecule has 0 aromatic heterocycles. The van der Waals surface area contributed by atoms with E-state index in [1.54, 1.807) is 6.92 Å². The average molecular weight is 173 g/mol. The number of rotatable bonds is 5. The topological polar surface area (TPSA) is 35.5 Å². The zero-order valence-electron chi connectivity index (χ0n) is 7.84. The summed E-state index contributed by atoms with van der Waals surface area (Å²) in [5.41, 5.74) is 0. The Hall–Kier alpha value is -0.730. The quantitative estimate of drug-likeness (QED) is 0.473. The van der Waals surface area contributed by atoms with Crippen molar-refractivity contribution in [2.75, 3.05) is 6.61 Å². The molecule has 0 rings (SSSR count). The second-order valence-corrected chi connectivity index (χ2v) is 2.73. The van der Waals surface area contributed by atoms with E-state index in [1.165, 1.54) is 0 Å². The first-order valence-electron chi connectivity index (χ1n) is 4.33. The van der Waals surface area contributed by atoms with Crippen LogP contribution in [-0.2, 0) is 9.47 Å². The van der Waals surface area contributed by atoms with Crippen molar-refractivity contribution < 1.29 is 14.3 Å². The molecule has 0 aromatic carbocycles. The van der Waals surface area contributed by atoms with Gasteiger partial charge in [-0.2, -0.15) is 0 Å². The van der Waals surface area contributed by atoms with E-state index in [2.05, 4.69) is 18.6 Å². The number of carbonyl (C=O) groups excluding carboxylic acids is 1. The Morgan fingerprint density at radius 3 is 2.67 bits per heavy atom. The largest absolute Gasteiger partial charge is 0.508 e. The van der Waals surface area contributed by atoms with Crippen molar-refractivity contribution in [1.29, 1.82) is 0 Å². The molecular formula is C9H17O3. The Bertz CT molecular complexity index is 121. The Morgan fingerprint density at radius 2 is 2.17 bits per heavy atom. The van der Waals surface area contributed by atoms with E-state index in [-0.39, 0.29) is 6.10 Å². The summed E-state index contributed by atoms with van der Waals surface area (Å²) < 4.78 is 9.41. The van der Waals surface area contributed by atoms with Gasteiger partial charge in [-0.05, 0) is 20.3 Å². The van der Waals surface area contributed by atoms with Gasteiger partial charge in [0.05, 0.1) is 6.61 Å². The van der Waals surface area contributed by atoms with E-state index in [0.717, 1.165) is 19.3 Å². The van der Waals surface area contributed by atoms with E-state index in [4.69, 9.17) is 4.74 Å². The summed E-state index contributed by atoms with van der Waals surface area (Å²) in [6.07, 6.45) is 2.13. The molecule has 0 N–H and O–H groups in total. The first-order valence-corrected chi connectivity index (χ1v) is 4.33. The van der Waals surface area contributed by atoms with Gasteiger partial charge in [0, 0.05) is 0 Å². The van der Waals surface area contributed by atoms with Gasteiger partial charge in [-0.15, -0.1) is 0 Å². The fraction of sp³-hybridized carbons (Fsp3) is 0.778. The third-order valence-corrected chi connectivity index (χ3v) is 1.27. The lowest BCUT2D eigenvalue weighted by atomic mass is 10.3. The van der Waals surface area contributed by atoms with Gasteiger partial charge in [0.15, 0.2) is 0 Å². The zero-order chi connectivity index (χ0) is 9.40. The van der Waals surface area contributed by atoms with Gasteiger partial charge >= 0.3 is 6.16 Å². The van der Waals surface area contributed by atoms with Gasteiger partial charge in [-0.25, -0.2) is 4.79 Å². The highest BCUT2D eigenvalue weighted by molar-refractivity contribution is 5.60. The Kier molecular flexibility index (Phi) is 6.53. The fourth-order valence-corrected chi connectivity index (χ4v) is 0.706. The van der Waals surface area contributed by atoms with Gasteiger partial charge in [-0.3, -0.25) is 0 Å². The first-order chi connectivity index (χ1) is 5.66. The molecule has 0 aliphatic carbocycles. The minimum Gasteiger partial charge on any atom is -0.434 e. The third kappa shape index (κ3) is 7.38. The summed E-state index contributed by atoms with van der Waals surface area (Å²) in [4.78, 5) is 10.7. The highest BCUT2D eigenvalue weighted by Crippen LogP contribution is 1.97. The third-order valence-electron chi connectivity index (χ3n) is 1.27. The second-order valence-electron chi connectivity index (χ2n) is 2.73. The highest BCUT2D eigenvalue weighted by atomic mass is 16.7. The van der Waals surface area contributed by atoms with Crippen molar-refractivity contribution in [3.63, 3.8) is 0 Å². The smallest absolute Gasteiger partial charge is 0.434 e. The molecule has 3 nitrogen and oxygen atoms in total. The number of hydrogen-bond acceptors (Lipinski definition) is 3. The summed E-state index contributed by atoms with van der Waals surface area (Å²) >= 11 is 0. The number of ether oxygens (including phenoxy) is 2. The molecule has 0 heterocycles. The highest BCUT2D eigenvalue weighted by Gasteiger charge is 2.04. The normalized spacial score (nSPS) is 10.0. The van der Waals surface area contributed by atoms with Crippen LogP contribution in [0.4, 0.5) is 4.79 Å². The molecule has 0 saturated carbocycles. The van der Waals surface area contributed by atoms with E-state index < -0.39 is 6.16 Å². The molecule has 1 atom stereocenters. The van der Waals surface area contributed by atoms with Crippen molar-refractivity contribution >= 4 is 6.16 Å². The predicted molar refractivity (Wildman–Crippen MR) is 46.8 cm³/mol. The van der Waals surface area contributed by atoms with Gasteiger partial charge < -0.3 is 9.47 Å². The predicted octanol–water partition coefficient (Wildman–Crippen LogP) is 2.55. The maximum atomic E-state index is 10.7. The Morgan fingerprint density at radius 1 is 1.50 bits per heavy atom. The Balaban J connectivity index is 3.20. The fourth-order valence-electron chi connectivity index (χ4n) is 0.706. The molecule has 1 radical (unpaired) electrons. The van der Waals surface area contributed by atoms with Crippen LogP contribution in [-0.4, -0.2) is 18.9 Å². The molecule has 0 bridgehead atoms. The molecular weight excluding hydrogens is 156 g/mol. The van der Waals surface area contributed by atoms with Gasteiger partial charge in [0.1, 0.15) is 6.10 Å². The lowest BCUT2D eigenvalue weighted by Gasteiger charge is -2.07. The summed E-state index contributed by atoms with van der Waals surface area (Å²) in [7, 11) is 0. The van der Waals surface area contributed by atoms with Crippen molar-refractivity contribution in [3.05, 3.63) is 6.92 Å². The van der Waals surface area contributed by atoms with Crippen LogP contribution >= 0.6 is 0 Å². The average Bonchev–Trinajstić information content (AvgIpc) is 1.97. The van der Waals surface area contributed by atoms with Crippen LogP contribution in [0.1, 0.15) is 33.1 Å². The van der Waals surface area contributed by atoms with Crippen LogP contribution in [0, 0.1) is 6.92 Å². The maximum Gasteiger partial charge on any atom is 0.508 e. The Labute approximate surface area is 74.0 Å². The molecule has 0 aliphatic heterocycles. The minimum atomic E-state index is -0.617. The summed E-state index contributed by atoms with van der Waals surface area (Å²) in [6, 6.07) is 0. The van der Waals surface area contributed by atoms with Crippen molar-refractivity contribution in [2.24, 2.45) is 0 Å². The molecule has 0 fully saturated rings. The van der Waals surface area contributed by atoms with Gasteiger partial charge in [0.2, 0.25) is 0 Å². The molecule has 0 spiro atoms. The number of hydrogen-bond donors (Lipinski definition) is 0. The van der Waals surface area contributed by atoms with Gasteiger partial charge in [0.25, 0.3) is 0 Å². The summed E-state index contributed by atoms with van der Waals surface area (Å²) in [5, 5.41) is 0. The van der Waals surface area contributed by atoms with Crippen LogP contribution in [0.25, 0.3) is 0 Å². The van der Waals surface area contributed by atoms with Crippen LogP contribution in [0.2, 0.25) is 0 Å². The van der Waals surface area contributed by atoms with E-state index in [0.29, 0.717) is 6.61 Å². The summed E-state index contributed by atoms with van der Waals surface area (Å²) in [6.45, 7) is 7.73. The summed E-state index contributed by atoms with van der Waals surface area (Å²) in [5.74, 6) is 0. The zero-order valence-corrected chi connectivity index (χ0v) is 7.84. The molecule has 71 valence electrons. The van der Waals surface area contributed by atoms with Crippen molar-refractivity contribution in [2.45, 2.75) is 39.2 Å². The van der Waals surface area contributed by atoms with E-state index in [9.17, 15) is 4.79 Å². The molecule has 3 heteroatoms. The molecule has 0 aliphatic rings. The van der Waals surface area contributed by atoms with Gasteiger partial charge in [-0.1, -0.05) is 19.8 Å². The molecule has 0 aromatic rings. The van der Waals surface area contributed by atoms with Crippen LogP contribution in [0.3, 0.4) is 0 Å². The molecule has 0 amide bonds. The standard InChI is InChI=1S/C9H17O3/c1-4-5-6-7-11-9(10)12-8(2)3/h8H,2,4-7H2,1,3H3/t8-/m0/s1. The lowest BCUT2D eigenvalue weighted by molar-refractivity contribution is 0.0403. The first kappa shape index (κ1) is 11.3. The molecule has 0 unspecified atom stereocenters. The lowest BCUT2D eigenvalue weighted by Crippen LogP contribution is -2.13. The number of carbonyl (C=O) groups is 1. The molecule has 0 saturated heterocycles. The van der Waals surface area contributed by atoms with Crippen LogP contribution < -0.4 is 0 Å². The van der Waals surface area contributed by atoms with Crippen LogP contribution in [0.15, 0.2) is 0 Å². The van der Waals surface area contributed by atoms with E-state index in [1.807, 2.05) is 0 Å². The monoisotopic (exact) mass is 173 g/mol. The second kappa shape index (κ2) is 6.95. The van der Waals surface area contributed by atoms with Crippen molar-refractivity contribution in [1.82, 2.24) is 0 Å². The molecule has 12 heavy (non-hydrogen) atoms. The van der Waals surface area contributed by atoms with Crippen molar-refractivity contribution in [3.8, 4) is 0 Å². The van der Waals surface area contributed by atoms with E-state index >= 15 is 0 Å². The number of unbranched alkanes of at least 4 members (excludes halogenated alkanes) is 2. The SMILES string of the molecule is [CH2][C@@H](C)OC(=O)OCCCCC. The maximum absolute atomic E-state index is 10.7.